The second kappa shape index (κ2) is 6.57. The van der Waals surface area contributed by atoms with Crippen molar-refractivity contribution in [3.05, 3.63) is 18.2 Å². The molecule has 1 aromatic rings. The summed E-state index contributed by atoms with van der Waals surface area (Å²) in [5, 5.41) is 11.4. The summed E-state index contributed by atoms with van der Waals surface area (Å²) in [5.74, 6) is 1.60. The number of rotatable bonds is 6. The fourth-order valence-electron chi connectivity index (χ4n) is 1.29. The van der Waals surface area contributed by atoms with E-state index in [0.717, 1.165) is 5.82 Å². The number of amidine groups is 1. The SMILES string of the molecule is CCOc1cccc(N(C)CCC(N)=NO)n1. The summed E-state index contributed by atoms with van der Waals surface area (Å²) in [6.07, 6.45) is 0.480. The zero-order valence-corrected chi connectivity index (χ0v) is 10.1. The zero-order chi connectivity index (χ0) is 12.7. The monoisotopic (exact) mass is 238 g/mol. The van der Waals surface area contributed by atoms with Gasteiger partial charge in [-0.1, -0.05) is 11.2 Å². The number of aromatic nitrogens is 1. The lowest BCUT2D eigenvalue weighted by Crippen LogP contribution is -2.25. The van der Waals surface area contributed by atoms with Gasteiger partial charge >= 0.3 is 0 Å². The molecule has 6 heteroatoms. The molecular weight excluding hydrogens is 220 g/mol. The molecule has 0 fully saturated rings. The highest BCUT2D eigenvalue weighted by Crippen LogP contribution is 2.14. The van der Waals surface area contributed by atoms with Crippen LogP contribution in [0, 0.1) is 0 Å². The van der Waals surface area contributed by atoms with Crippen LogP contribution in [0.3, 0.4) is 0 Å². The molecule has 0 aliphatic rings. The van der Waals surface area contributed by atoms with Crippen molar-refractivity contribution >= 4 is 11.7 Å². The Balaban J connectivity index is 2.61. The molecule has 3 N–H and O–H groups in total. The van der Waals surface area contributed by atoms with Gasteiger partial charge in [0.15, 0.2) is 0 Å². The molecule has 0 aromatic carbocycles. The molecule has 0 saturated heterocycles. The standard InChI is InChI=1S/C11H18N4O2/c1-3-17-11-6-4-5-10(13-11)15(2)8-7-9(12)14-16/h4-6,16H,3,7-8H2,1-2H3,(H2,12,14). The normalized spacial score (nSPS) is 11.3. The highest BCUT2D eigenvalue weighted by Gasteiger charge is 2.05. The van der Waals surface area contributed by atoms with Gasteiger partial charge in [-0.2, -0.15) is 4.98 Å². The van der Waals surface area contributed by atoms with Crippen LogP contribution in [0.1, 0.15) is 13.3 Å². The molecule has 1 rings (SSSR count). The van der Waals surface area contributed by atoms with Crippen molar-refractivity contribution < 1.29 is 9.94 Å². The third-order valence-electron chi connectivity index (χ3n) is 2.22. The lowest BCUT2D eigenvalue weighted by Gasteiger charge is -2.18. The molecule has 0 amide bonds. The Morgan fingerprint density at radius 2 is 2.35 bits per heavy atom. The number of anilines is 1. The predicted octanol–water partition coefficient (Wildman–Crippen LogP) is 1.05. The zero-order valence-electron chi connectivity index (χ0n) is 10.1. The first kappa shape index (κ1) is 13.1. The average Bonchev–Trinajstić information content (AvgIpc) is 2.36. The van der Waals surface area contributed by atoms with Gasteiger partial charge < -0.3 is 20.6 Å². The molecule has 1 aromatic heterocycles. The first-order valence-corrected chi connectivity index (χ1v) is 5.44. The number of oxime groups is 1. The molecule has 0 atom stereocenters. The van der Waals surface area contributed by atoms with Crippen LogP contribution in [0.25, 0.3) is 0 Å². The Labute approximate surface area is 101 Å². The van der Waals surface area contributed by atoms with Crippen molar-refractivity contribution in [2.24, 2.45) is 10.9 Å². The summed E-state index contributed by atoms with van der Waals surface area (Å²) in [6, 6.07) is 5.58. The maximum absolute atomic E-state index is 8.44. The molecule has 0 bridgehead atoms. The van der Waals surface area contributed by atoms with Crippen LogP contribution in [-0.4, -0.2) is 36.2 Å². The van der Waals surface area contributed by atoms with Crippen molar-refractivity contribution in [1.82, 2.24) is 4.98 Å². The second-order valence-electron chi connectivity index (χ2n) is 3.53. The van der Waals surface area contributed by atoms with Gasteiger partial charge in [-0.3, -0.25) is 0 Å². The summed E-state index contributed by atoms with van der Waals surface area (Å²) in [4.78, 5) is 6.24. The second-order valence-corrected chi connectivity index (χ2v) is 3.53. The van der Waals surface area contributed by atoms with Gasteiger partial charge in [0.05, 0.1) is 6.61 Å². The van der Waals surface area contributed by atoms with Crippen molar-refractivity contribution in [3.8, 4) is 5.88 Å². The number of nitrogens with zero attached hydrogens (tertiary/aromatic N) is 3. The fourth-order valence-corrected chi connectivity index (χ4v) is 1.29. The van der Waals surface area contributed by atoms with E-state index in [1.54, 1.807) is 0 Å². The van der Waals surface area contributed by atoms with Crippen LogP contribution in [-0.2, 0) is 0 Å². The molecule has 17 heavy (non-hydrogen) atoms. The Kier molecular flexibility index (Phi) is 5.06. The van der Waals surface area contributed by atoms with Gasteiger partial charge in [0.2, 0.25) is 5.88 Å². The van der Waals surface area contributed by atoms with E-state index in [4.69, 9.17) is 15.7 Å². The number of ether oxygens (including phenoxy) is 1. The van der Waals surface area contributed by atoms with E-state index in [-0.39, 0.29) is 5.84 Å². The minimum absolute atomic E-state index is 0.206. The number of hydrogen-bond donors (Lipinski definition) is 2. The molecule has 94 valence electrons. The van der Waals surface area contributed by atoms with Crippen molar-refractivity contribution in [3.63, 3.8) is 0 Å². The lowest BCUT2D eigenvalue weighted by atomic mass is 10.3. The van der Waals surface area contributed by atoms with Crippen molar-refractivity contribution in [2.45, 2.75) is 13.3 Å². The number of hydrogen-bond acceptors (Lipinski definition) is 5. The van der Waals surface area contributed by atoms with Crippen molar-refractivity contribution in [1.29, 1.82) is 0 Å². The molecule has 6 nitrogen and oxygen atoms in total. The number of pyridine rings is 1. The first-order valence-electron chi connectivity index (χ1n) is 5.44. The van der Waals surface area contributed by atoms with Crippen LogP contribution in [0.5, 0.6) is 5.88 Å². The third kappa shape index (κ3) is 4.18. The minimum atomic E-state index is 0.206. The molecule has 0 aliphatic heterocycles. The maximum Gasteiger partial charge on any atom is 0.215 e. The highest BCUT2D eigenvalue weighted by atomic mass is 16.5. The van der Waals surface area contributed by atoms with E-state index < -0.39 is 0 Å². The maximum atomic E-state index is 8.44. The molecule has 0 aliphatic carbocycles. The van der Waals surface area contributed by atoms with E-state index in [9.17, 15) is 0 Å². The molecule has 0 spiro atoms. The topological polar surface area (TPSA) is 84.0 Å². The van der Waals surface area contributed by atoms with E-state index in [2.05, 4.69) is 10.1 Å². The summed E-state index contributed by atoms with van der Waals surface area (Å²) >= 11 is 0. The van der Waals surface area contributed by atoms with Crippen LogP contribution < -0.4 is 15.4 Å². The smallest absolute Gasteiger partial charge is 0.215 e. The molecule has 1 heterocycles. The summed E-state index contributed by atoms with van der Waals surface area (Å²) in [5.41, 5.74) is 5.41. The van der Waals surface area contributed by atoms with Gasteiger partial charge in [0.1, 0.15) is 11.7 Å². The lowest BCUT2D eigenvalue weighted by molar-refractivity contribution is 0.317. The van der Waals surface area contributed by atoms with E-state index in [1.807, 2.05) is 37.1 Å². The van der Waals surface area contributed by atoms with Crippen molar-refractivity contribution in [2.75, 3.05) is 25.1 Å². The number of nitrogens with two attached hydrogens (primary N) is 1. The van der Waals surface area contributed by atoms with Crippen LogP contribution in [0.2, 0.25) is 0 Å². The third-order valence-corrected chi connectivity index (χ3v) is 2.22. The van der Waals surface area contributed by atoms with Crippen LogP contribution >= 0.6 is 0 Å². The van der Waals surface area contributed by atoms with Gasteiger partial charge in [-0.05, 0) is 13.0 Å². The Hall–Kier alpha value is -1.98. The van der Waals surface area contributed by atoms with Gasteiger partial charge in [0, 0.05) is 26.1 Å². The molecule has 0 unspecified atom stereocenters. The summed E-state index contributed by atoms with van der Waals surface area (Å²) in [7, 11) is 1.89. The van der Waals surface area contributed by atoms with Gasteiger partial charge in [-0.25, -0.2) is 0 Å². The molecule has 0 radical (unpaired) electrons. The highest BCUT2D eigenvalue weighted by molar-refractivity contribution is 5.80. The Morgan fingerprint density at radius 1 is 1.59 bits per heavy atom. The first-order chi connectivity index (χ1) is 8.17. The quantitative estimate of drug-likeness (QED) is 0.335. The largest absolute Gasteiger partial charge is 0.478 e. The fraction of sp³-hybridized carbons (Fsp3) is 0.455. The van der Waals surface area contributed by atoms with E-state index in [0.29, 0.717) is 25.5 Å². The van der Waals surface area contributed by atoms with Crippen LogP contribution in [0.4, 0.5) is 5.82 Å². The predicted molar refractivity (Wildman–Crippen MR) is 66.7 cm³/mol. The molecular formula is C11H18N4O2. The molecule has 0 saturated carbocycles. The van der Waals surface area contributed by atoms with Gasteiger partial charge in [-0.15, -0.1) is 0 Å². The minimum Gasteiger partial charge on any atom is -0.478 e. The van der Waals surface area contributed by atoms with Crippen LogP contribution in [0.15, 0.2) is 23.4 Å². The summed E-state index contributed by atoms with van der Waals surface area (Å²) < 4.78 is 5.32. The Bertz CT molecular complexity index is 381. The Morgan fingerprint density at radius 3 is 3.00 bits per heavy atom. The average molecular weight is 238 g/mol. The van der Waals surface area contributed by atoms with E-state index >= 15 is 0 Å². The van der Waals surface area contributed by atoms with E-state index in [1.165, 1.54) is 0 Å². The summed E-state index contributed by atoms with van der Waals surface area (Å²) in [6.45, 7) is 3.12. The van der Waals surface area contributed by atoms with Gasteiger partial charge in [0.25, 0.3) is 0 Å².